The first-order chi connectivity index (χ1) is 18.3. The molecule has 0 atom stereocenters. The largest absolute Gasteiger partial charge is 0.0760 e. The summed E-state index contributed by atoms with van der Waals surface area (Å²) in [6, 6.07) is 44.7. The van der Waals surface area contributed by atoms with Crippen LogP contribution in [0.15, 0.2) is 127 Å². The van der Waals surface area contributed by atoms with Gasteiger partial charge in [0, 0.05) is 0 Å². The summed E-state index contributed by atoms with van der Waals surface area (Å²) in [6.45, 7) is 2.26. The molecular weight excluding hydrogens is 444 g/mol. The summed E-state index contributed by atoms with van der Waals surface area (Å²) in [7, 11) is 0. The van der Waals surface area contributed by atoms with E-state index in [4.69, 9.17) is 0 Å². The van der Waals surface area contributed by atoms with Gasteiger partial charge in [-0.3, -0.25) is 0 Å². The molecule has 1 aliphatic carbocycles. The first-order valence-corrected chi connectivity index (χ1v) is 13.3. The Labute approximate surface area is 218 Å². The van der Waals surface area contributed by atoms with E-state index in [-0.39, 0.29) is 0 Å². The van der Waals surface area contributed by atoms with Crippen LogP contribution in [0, 0.1) is 0 Å². The second-order valence-corrected chi connectivity index (χ2v) is 9.98. The van der Waals surface area contributed by atoms with Gasteiger partial charge in [-0.05, 0) is 90.2 Å². The van der Waals surface area contributed by atoms with Crippen LogP contribution >= 0.6 is 0 Å². The third kappa shape index (κ3) is 3.60. The Morgan fingerprint density at radius 1 is 0.459 bits per heavy atom. The molecule has 6 aromatic rings. The van der Waals surface area contributed by atoms with Gasteiger partial charge in [-0.15, -0.1) is 0 Å². The molecule has 0 heteroatoms. The van der Waals surface area contributed by atoms with Gasteiger partial charge in [-0.25, -0.2) is 0 Å². The minimum Gasteiger partial charge on any atom is -0.0760 e. The molecule has 0 saturated carbocycles. The van der Waals surface area contributed by atoms with Crippen LogP contribution in [0.4, 0.5) is 0 Å². The normalized spacial score (nSPS) is 12.1. The van der Waals surface area contributed by atoms with Gasteiger partial charge in [0.1, 0.15) is 0 Å². The maximum atomic E-state index is 2.45. The Balaban J connectivity index is 1.40. The van der Waals surface area contributed by atoms with Gasteiger partial charge in [0.25, 0.3) is 0 Å². The molecule has 0 saturated heterocycles. The number of benzene rings is 6. The van der Waals surface area contributed by atoms with Gasteiger partial charge in [0.15, 0.2) is 0 Å². The van der Waals surface area contributed by atoms with Crippen molar-refractivity contribution < 1.29 is 0 Å². The Morgan fingerprint density at radius 2 is 0.946 bits per heavy atom. The summed E-state index contributed by atoms with van der Waals surface area (Å²) >= 11 is 0. The van der Waals surface area contributed by atoms with Crippen LogP contribution in [0.3, 0.4) is 0 Å². The lowest BCUT2D eigenvalue weighted by atomic mass is 9.93. The van der Waals surface area contributed by atoms with Crippen molar-refractivity contribution in [3.63, 3.8) is 0 Å². The Morgan fingerprint density at radius 3 is 1.46 bits per heavy atom. The smallest absolute Gasteiger partial charge is 0.00960 e. The van der Waals surface area contributed by atoms with Crippen LogP contribution in [0.1, 0.15) is 30.9 Å². The van der Waals surface area contributed by atoms with E-state index >= 15 is 0 Å². The van der Waals surface area contributed by atoms with E-state index in [2.05, 4.69) is 134 Å². The molecule has 0 radical (unpaired) electrons. The zero-order chi connectivity index (χ0) is 24.8. The SMILES string of the molecule is CCCC=C1c2cc(-c3cccc4ccccc34)ccc2-c2ccc(-c3cccc4ccccc34)cc21. The molecule has 1 aliphatic rings. The van der Waals surface area contributed by atoms with Crippen molar-refractivity contribution in [2.45, 2.75) is 19.8 Å². The van der Waals surface area contributed by atoms with E-state index in [1.807, 2.05) is 0 Å². The Hall–Kier alpha value is -4.42. The summed E-state index contributed by atoms with van der Waals surface area (Å²) in [5.41, 5.74) is 11.9. The second-order valence-electron chi connectivity index (χ2n) is 9.98. The van der Waals surface area contributed by atoms with Crippen molar-refractivity contribution >= 4 is 27.1 Å². The maximum absolute atomic E-state index is 2.45. The lowest BCUT2D eigenvalue weighted by molar-refractivity contribution is 0.960. The highest BCUT2D eigenvalue weighted by atomic mass is 14.3. The fourth-order valence-electron chi connectivity index (χ4n) is 5.95. The lowest BCUT2D eigenvalue weighted by Gasteiger charge is -2.10. The maximum Gasteiger partial charge on any atom is -0.00960 e. The first kappa shape index (κ1) is 21.8. The monoisotopic (exact) mass is 472 g/mol. The third-order valence-corrected chi connectivity index (χ3v) is 7.75. The van der Waals surface area contributed by atoms with Crippen molar-refractivity contribution in [3.8, 4) is 33.4 Å². The average Bonchev–Trinajstić information content (AvgIpc) is 3.27. The molecule has 0 fully saturated rings. The van der Waals surface area contributed by atoms with Crippen LogP contribution in [0.2, 0.25) is 0 Å². The van der Waals surface area contributed by atoms with Crippen LogP contribution in [-0.4, -0.2) is 0 Å². The minimum atomic E-state index is 1.07. The van der Waals surface area contributed by atoms with Crippen molar-refractivity contribution in [3.05, 3.63) is 139 Å². The Bertz CT molecular complexity index is 1690. The molecule has 0 nitrogen and oxygen atoms in total. The fourth-order valence-corrected chi connectivity index (χ4v) is 5.95. The Kier molecular flexibility index (Phi) is 5.26. The molecule has 176 valence electrons. The van der Waals surface area contributed by atoms with E-state index in [0.717, 1.165) is 12.8 Å². The van der Waals surface area contributed by atoms with E-state index in [0.29, 0.717) is 0 Å². The lowest BCUT2D eigenvalue weighted by Crippen LogP contribution is -1.87. The van der Waals surface area contributed by atoms with Crippen molar-refractivity contribution in [2.24, 2.45) is 0 Å². The summed E-state index contributed by atoms with van der Waals surface area (Å²) < 4.78 is 0. The van der Waals surface area contributed by atoms with E-state index in [1.165, 1.54) is 71.6 Å². The van der Waals surface area contributed by atoms with Gasteiger partial charge in [0.05, 0.1) is 0 Å². The second kappa shape index (κ2) is 8.91. The topological polar surface area (TPSA) is 0 Å². The highest BCUT2D eigenvalue weighted by Gasteiger charge is 2.24. The number of fused-ring (bicyclic) bond motifs is 5. The molecule has 0 aromatic heterocycles. The molecule has 0 spiro atoms. The number of hydrogen-bond donors (Lipinski definition) is 0. The standard InChI is InChI=1S/C37H28/c1-2-3-14-33-36-23-27(31-17-8-12-25-10-4-6-15-29(25)31)19-21-34(36)35-22-20-28(24-37(33)35)32-18-9-13-26-11-5-7-16-30(26)32/h4-24H,2-3H2,1H3. The van der Waals surface area contributed by atoms with E-state index in [9.17, 15) is 0 Å². The molecule has 6 aromatic carbocycles. The van der Waals surface area contributed by atoms with Gasteiger partial charge >= 0.3 is 0 Å². The van der Waals surface area contributed by atoms with Gasteiger partial charge < -0.3 is 0 Å². The quantitative estimate of drug-likeness (QED) is 0.239. The van der Waals surface area contributed by atoms with E-state index in [1.54, 1.807) is 0 Å². The van der Waals surface area contributed by atoms with Crippen LogP contribution < -0.4 is 0 Å². The van der Waals surface area contributed by atoms with Gasteiger partial charge in [-0.1, -0.05) is 129 Å². The van der Waals surface area contributed by atoms with Crippen LogP contribution in [-0.2, 0) is 0 Å². The number of rotatable bonds is 4. The number of allylic oxidation sites excluding steroid dienone is 1. The molecule has 0 unspecified atom stereocenters. The summed E-state index contributed by atoms with van der Waals surface area (Å²) in [6.07, 6.45) is 4.66. The minimum absolute atomic E-state index is 1.07. The third-order valence-electron chi connectivity index (χ3n) is 7.75. The molecule has 0 amide bonds. The molecule has 0 aliphatic heterocycles. The van der Waals surface area contributed by atoms with E-state index < -0.39 is 0 Å². The van der Waals surface area contributed by atoms with Crippen molar-refractivity contribution in [1.29, 1.82) is 0 Å². The molecule has 7 rings (SSSR count). The van der Waals surface area contributed by atoms with Crippen LogP contribution in [0.25, 0.3) is 60.5 Å². The average molecular weight is 473 g/mol. The van der Waals surface area contributed by atoms with Gasteiger partial charge in [0.2, 0.25) is 0 Å². The number of hydrogen-bond acceptors (Lipinski definition) is 0. The fraction of sp³-hybridized carbons (Fsp3) is 0.0811. The van der Waals surface area contributed by atoms with Crippen molar-refractivity contribution in [1.82, 2.24) is 0 Å². The summed E-state index contributed by atoms with van der Waals surface area (Å²) in [5.74, 6) is 0. The highest BCUT2D eigenvalue weighted by molar-refractivity contribution is 6.06. The molecule has 0 heterocycles. The summed E-state index contributed by atoms with van der Waals surface area (Å²) in [4.78, 5) is 0. The zero-order valence-corrected chi connectivity index (χ0v) is 21.0. The van der Waals surface area contributed by atoms with Crippen molar-refractivity contribution in [2.75, 3.05) is 0 Å². The molecule has 0 N–H and O–H groups in total. The molecule has 0 bridgehead atoms. The molecular formula is C37H28. The predicted molar refractivity (Wildman–Crippen MR) is 160 cm³/mol. The van der Waals surface area contributed by atoms with Gasteiger partial charge in [-0.2, -0.15) is 0 Å². The number of unbranched alkanes of at least 4 members (excludes halogenated alkanes) is 1. The zero-order valence-electron chi connectivity index (χ0n) is 21.0. The predicted octanol–water partition coefficient (Wildman–Crippen LogP) is 10.5. The highest BCUT2D eigenvalue weighted by Crippen LogP contribution is 2.48. The molecule has 37 heavy (non-hydrogen) atoms. The first-order valence-electron chi connectivity index (χ1n) is 13.3. The summed E-state index contributed by atoms with van der Waals surface area (Å²) in [5, 5.41) is 5.17. The van der Waals surface area contributed by atoms with Crippen LogP contribution in [0.5, 0.6) is 0 Å².